The van der Waals surface area contributed by atoms with Gasteiger partial charge >= 0.3 is 11.9 Å². The Hall–Kier alpha value is -3.49. The molecule has 170 valence electrons. The Bertz CT molecular complexity index is 1050. The molecule has 32 heavy (non-hydrogen) atoms. The predicted molar refractivity (Wildman–Crippen MR) is 114 cm³/mol. The van der Waals surface area contributed by atoms with Crippen LogP contribution < -0.4 is 5.32 Å². The van der Waals surface area contributed by atoms with Crippen LogP contribution in [0.5, 0.6) is 0 Å². The van der Waals surface area contributed by atoms with Gasteiger partial charge in [0, 0.05) is 35.0 Å². The number of nitrogens with zero attached hydrogens (tertiary/aromatic N) is 1. The Morgan fingerprint density at radius 3 is 2.56 bits per heavy atom. The zero-order chi connectivity index (χ0) is 23.7. The number of hydrogen-bond donors (Lipinski definition) is 1. The number of rotatable bonds is 5. The van der Waals surface area contributed by atoms with E-state index in [-0.39, 0.29) is 22.8 Å². The minimum absolute atomic E-state index is 0.168. The number of nitrogens with one attached hydrogen (secondary N) is 1. The van der Waals surface area contributed by atoms with Gasteiger partial charge in [0.1, 0.15) is 5.92 Å². The molecule has 0 fully saturated rings. The van der Waals surface area contributed by atoms with Gasteiger partial charge in [-0.05, 0) is 38.7 Å². The molecule has 0 saturated carbocycles. The SMILES string of the molecule is COC(=O)[C@H]1C(=O)C2=C(C[C@H]1C)NC(C)=C(C(=O)OC(C)C)[C@H]2c1cccc([N+](=O)[O-])c1. The molecule has 1 aromatic carbocycles. The first-order chi connectivity index (χ1) is 15.1. The summed E-state index contributed by atoms with van der Waals surface area (Å²) in [6.07, 6.45) is -0.0235. The number of carbonyl (C=O) groups excluding carboxylic acids is 3. The smallest absolute Gasteiger partial charge is 0.337 e. The molecule has 1 N–H and O–H groups in total. The average Bonchev–Trinajstić information content (AvgIpc) is 2.71. The van der Waals surface area contributed by atoms with Crippen molar-refractivity contribution in [3.8, 4) is 0 Å². The quantitative estimate of drug-likeness (QED) is 0.319. The second kappa shape index (κ2) is 8.94. The molecule has 9 nitrogen and oxygen atoms in total. The van der Waals surface area contributed by atoms with Crippen molar-refractivity contribution >= 4 is 23.4 Å². The van der Waals surface area contributed by atoms with Crippen LogP contribution >= 0.6 is 0 Å². The van der Waals surface area contributed by atoms with E-state index in [2.05, 4.69) is 5.32 Å². The first kappa shape index (κ1) is 23.2. The van der Waals surface area contributed by atoms with Crippen LogP contribution in [0.3, 0.4) is 0 Å². The van der Waals surface area contributed by atoms with Crippen LogP contribution in [-0.4, -0.2) is 35.9 Å². The summed E-state index contributed by atoms with van der Waals surface area (Å²) in [5.41, 5.74) is 1.75. The molecule has 0 saturated heterocycles. The number of hydrogen-bond acceptors (Lipinski definition) is 8. The van der Waals surface area contributed by atoms with E-state index in [1.165, 1.54) is 25.3 Å². The average molecular weight is 442 g/mol. The molecule has 0 radical (unpaired) electrons. The van der Waals surface area contributed by atoms with Crippen molar-refractivity contribution in [2.75, 3.05) is 7.11 Å². The fourth-order valence-corrected chi connectivity index (χ4v) is 4.38. The van der Waals surface area contributed by atoms with E-state index in [1.54, 1.807) is 33.8 Å². The van der Waals surface area contributed by atoms with Gasteiger partial charge in [-0.1, -0.05) is 19.1 Å². The summed E-state index contributed by atoms with van der Waals surface area (Å²) in [6, 6.07) is 5.81. The van der Waals surface area contributed by atoms with E-state index in [1.807, 2.05) is 0 Å². The van der Waals surface area contributed by atoms with Crippen LogP contribution in [0.1, 0.15) is 45.6 Å². The van der Waals surface area contributed by atoms with Gasteiger partial charge in [-0.2, -0.15) is 0 Å². The lowest BCUT2D eigenvalue weighted by Crippen LogP contribution is -2.43. The summed E-state index contributed by atoms with van der Waals surface area (Å²) < 4.78 is 10.3. The standard InChI is InChI=1S/C23H26N2O7/c1-11(2)32-23(28)18-13(4)24-16-9-12(3)17(22(27)31-5)21(26)20(16)19(18)14-7-6-8-15(10-14)25(29)30/h6-8,10-12,17,19,24H,9H2,1-5H3/t12-,17-,19-/m1/s1. The number of benzene rings is 1. The van der Waals surface area contributed by atoms with Gasteiger partial charge in [0.15, 0.2) is 5.78 Å². The van der Waals surface area contributed by atoms with Crippen molar-refractivity contribution in [3.05, 3.63) is 62.5 Å². The molecule has 1 aromatic rings. The van der Waals surface area contributed by atoms with Crippen molar-refractivity contribution in [1.29, 1.82) is 0 Å². The first-order valence-electron chi connectivity index (χ1n) is 10.3. The lowest BCUT2D eigenvalue weighted by molar-refractivity contribution is -0.384. The molecule has 0 spiro atoms. The highest BCUT2D eigenvalue weighted by atomic mass is 16.6. The Balaban J connectivity index is 2.22. The fraction of sp³-hybridized carbons (Fsp3) is 0.435. The number of esters is 2. The highest BCUT2D eigenvalue weighted by Crippen LogP contribution is 2.46. The molecule has 3 rings (SSSR count). The van der Waals surface area contributed by atoms with Crippen LogP contribution in [0.25, 0.3) is 0 Å². The second-order valence-electron chi connectivity index (χ2n) is 8.34. The lowest BCUT2D eigenvalue weighted by Gasteiger charge is -2.38. The van der Waals surface area contributed by atoms with E-state index in [9.17, 15) is 24.5 Å². The highest BCUT2D eigenvalue weighted by molar-refractivity contribution is 6.12. The van der Waals surface area contributed by atoms with E-state index < -0.39 is 40.6 Å². The third kappa shape index (κ3) is 4.15. The maximum Gasteiger partial charge on any atom is 0.337 e. The summed E-state index contributed by atoms with van der Waals surface area (Å²) >= 11 is 0. The molecular weight excluding hydrogens is 416 g/mol. The number of allylic oxidation sites excluding steroid dienone is 3. The largest absolute Gasteiger partial charge is 0.468 e. The summed E-state index contributed by atoms with van der Waals surface area (Å²) in [5.74, 6) is -3.99. The van der Waals surface area contributed by atoms with Crippen LogP contribution in [0.15, 0.2) is 46.8 Å². The monoisotopic (exact) mass is 442 g/mol. The molecule has 9 heteroatoms. The lowest BCUT2D eigenvalue weighted by atomic mass is 9.69. The number of non-ortho nitro benzene ring substituents is 1. The van der Waals surface area contributed by atoms with Gasteiger partial charge in [-0.15, -0.1) is 0 Å². The maximum atomic E-state index is 13.6. The molecule has 0 aromatic heterocycles. The third-order valence-corrected chi connectivity index (χ3v) is 5.72. The minimum atomic E-state index is -1.03. The van der Waals surface area contributed by atoms with Crippen molar-refractivity contribution in [2.45, 2.75) is 46.1 Å². The molecule has 1 heterocycles. The summed E-state index contributed by atoms with van der Waals surface area (Å²) in [5, 5.41) is 14.5. The number of ketones is 1. The van der Waals surface area contributed by atoms with E-state index in [0.29, 0.717) is 23.4 Å². The van der Waals surface area contributed by atoms with Crippen molar-refractivity contribution in [3.63, 3.8) is 0 Å². The van der Waals surface area contributed by atoms with Crippen LogP contribution in [-0.2, 0) is 23.9 Å². The third-order valence-electron chi connectivity index (χ3n) is 5.72. The number of Topliss-reactive ketones (excluding diaryl/α,β-unsaturated/α-hetero) is 1. The molecule has 0 bridgehead atoms. The summed E-state index contributed by atoms with van der Waals surface area (Å²) in [6.45, 7) is 6.90. The second-order valence-corrected chi connectivity index (χ2v) is 8.34. The Labute approximate surface area is 185 Å². The summed E-state index contributed by atoms with van der Waals surface area (Å²) in [4.78, 5) is 49.9. The number of dihydropyridines is 1. The van der Waals surface area contributed by atoms with E-state index in [4.69, 9.17) is 9.47 Å². The Morgan fingerprint density at radius 1 is 1.28 bits per heavy atom. The number of nitro benzene ring substituents is 1. The number of nitro groups is 1. The number of ether oxygens (including phenoxy) is 2. The molecular formula is C23H26N2O7. The van der Waals surface area contributed by atoms with Crippen molar-refractivity contribution < 1.29 is 28.8 Å². The van der Waals surface area contributed by atoms with E-state index >= 15 is 0 Å². The van der Waals surface area contributed by atoms with Crippen LogP contribution in [0.2, 0.25) is 0 Å². The molecule has 0 amide bonds. The zero-order valence-corrected chi connectivity index (χ0v) is 18.6. The van der Waals surface area contributed by atoms with Gasteiger partial charge in [-0.25, -0.2) is 4.79 Å². The van der Waals surface area contributed by atoms with Gasteiger partial charge in [0.05, 0.1) is 23.7 Å². The van der Waals surface area contributed by atoms with E-state index in [0.717, 1.165) is 0 Å². The molecule has 2 aliphatic rings. The topological polar surface area (TPSA) is 125 Å². The van der Waals surface area contributed by atoms with Crippen molar-refractivity contribution in [1.82, 2.24) is 5.32 Å². The van der Waals surface area contributed by atoms with Crippen LogP contribution in [0.4, 0.5) is 5.69 Å². The molecule has 1 aliphatic heterocycles. The normalized spacial score (nSPS) is 22.9. The predicted octanol–water partition coefficient (Wildman–Crippen LogP) is 3.16. The molecule has 0 unspecified atom stereocenters. The molecule has 1 aliphatic carbocycles. The fourth-order valence-electron chi connectivity index (χ4n) is 4.38. The highest BCUT2D eigenvalue weighted by Gasteiger charge is 2.47. The van der Waals surface area contributed by atoms with Gasteiger partial charge in [0.25, 0.3) is 5.69 Å². The molecule has 3 atom stereocenters. The number of methoxy groups -OCH3 is 1. The van der Waals surface area contributed by atoms with Gasteiger partial charge in [-0.3, -0.25) is 19.7 Å². The Morgan fingerprint density at radius 2 is 1.97 bits per heavy atom. The minimum Gasteiger partial charge on any atom is -0.468 e. The van der Waals surface area contributed by atoms with Crippen LogP contribution in [0, 0.1) is 22.0 Å². The van der Waals surface area contributed by atoms with Gasteiger partial charge in [0.2, 0.25) is 0 Å². The number of carbonyl (C=O) groups is 3. The Kier molecular flexibility index (Phi) is 6.47. The maximum absolute atomic E-state index is 13.6. The summed E-state index contributed by atoms with van der Waals surface area (Å²) in [7, 11) is 1.22. The zero-order valence-electron chi connectivity index (χ0n) is 18.6. The first-order valence-corrected chi connectivity index (χ1v) is 10.3. The van der Waals surface area contributed by atoms with Gasteiger partial charge < -0.3 is 14.8 Å². The van der Waals surface area contributed by atoms with Crippen molar-refractivity contribution in [2.24, 2.45) is 11.8 Å².